The van der Waals surface area contributed by atoms with E-state index in [-0.39, 0.29) is 5.54 Å². The molecule has 2 aromatic heterocycles. The maximum atomic E-state index is 5.70. The Kier molecular flexibility index (Phi) is 4.91. The van der Waals surface area contributed by atoms with Crippen LogP contribution in [0.15, 0.2) is 36.5 Å². The van der Waals surface area contributed by atoms with Crippen LogP contribution in [-0.4, -0.2) is 15.5 Å². The molecule has 0 bridgehead atoms. The molecule has 0 spiro atoms. The molecular formula is C17H23N3O. The first-order chi connectivity index (χ1) is 9.92. The number of rotatable bonds is 5. The van der Waals surface area contributed by atoms with E-state index in [1.165, 1.54) is 0 Å². The zero-order valence-corrected chi connectivity index (χ0v) is 13.2. The lowest BCUT2D eigenvalue weighted by atomic mass is 10.1. The molecular weight excluding hydrogens is 262 g/mol. The van der Waals surface area contributed by atoms with E-state index in [0.717, 1.165) is 29.4 Å². The van der Waals surface area contributed by atoms with Crippen LogP contribution >= 0.6 is 0 Å². The summed E-state index contributed by atoms with van der Waals surface area (Å²) < 4.78 is 5.70. The molecule has 0 fully saturated rings. The molecule has 2 heterocycles. The van der Waals surface area contributed by atoms with Gasteiger partial charge in [-0.15, -0.1) is 0 Å². The van der Waals surface area contributed by atoms with E-state index in [9.17, 15) is 0 Å². The topological polar surface area (TPSA) is 47.0 Å². The lowest BCUT2D eigenvalue weighted by Gasteiger charge is -2.20. The molecule has 0 atom stereocenters. The van der Waals surface area contributed by atoms with Crippen LogP contribution in [0.2, 0.25) is 0 Å². The standard InChI is InChI=1S/C17H23N3O/c1-13-8-9-16(11-18-13)21-12-15-7-5-6-14(20-15)10-19-17(2,3)4/h5-9,11,19H,10,12H2,1-4H3. The van der Waals surface area contributed by atoms with Gasteiger partial charge in [0.25, 0.3) is 0 Å². The Morgan fingerprint density at radius 2 is 1.86 bits per heavy atom. The van der Waals surface area contributed by atoms with Gasteiger partial charge in [-0.2, -0.15) is 0 Å². The summed E-state index contributed by atoms with van der Waals surface area (Å²) in [5, 5.41) is 3.43. The quantitative estimate of drug-likeness (QED) is 0.916. The number of hydrogen-bond acceptors (Lipinski definition) is 4. The Morgan fingerprint density at radius 3 is 2.52 bits per heavy atom. The highest BCUT2D eigenvalue weighted by Crippen LogP contribution is 2.11. The Labute approximate surface area is 126 Å². The van der Waals surface area contributed by atoms with Crippen molar-refractivity contribution in [2.24, 2.45) is 0 Å². The van der Waals surface area contributed by atoms with Crippen molar-refractivity contribution in [3.8, 4) is 5.75 Å². The van der Waals surface area contributed by atoms with Crippen molar-refractivity contribution >= 4 is 0 Å². The minimum absolute atomic E-state index is 0.0851. The van der Waals surface area contributed by atoms with Crippen LogP contribution in [0.3, 0.4) is 0 Å². The van der Waals surface area contributed by atoms with Gasteiger partial charge in [0.05, 0.1) is 17.6 Å². The minimum Gasteiger partial charge on any atom is -0.486 e. The predicted molar refractivity (Wildman–Crippen MR) is 84.1 cm³/mol. The van der Waals surface area contributed by atoms with Crippen molar-refractivity contribution in [3.63, 3.8) is 0 Å². The van der Waals surface area contributed by atoms with E-state index >= 15 is 0 Å². The molecule has 112 valence electrons. The molecule has 2 rings (SSSR count). The van der Waals surface area contributed by atoms with Crippen LogP contribution in [0, 0.1) is 6.92 Å². The van der Waals surface area contributed by atoms with Gasteiger partial charge in [0.15, 0.2) is 0 Å². The first-order valence-corrected chi connectivity index (χ1v) is 7.18. The molecule has 4 nitrogen and oxygen atoms in total. The summed E-state index contributed by atoms with van der Waals surface area (Å²) in [7, 11) is 0. The summed E-state index contributed by atoms with van der Waals surface area (Å²) in [6, 6.07) is 9.87. The summed E-state index contributed by atoms with van der Waals surface area (Å²) in [5.74, 6) is 0.764. The van der Waals surface area contributed by atoms with Gasteiger partial charge in [-0.05, 0) is 52.0 Å². The van der Waals surface area contributed by atoms with Crippen LogP contribution in [-0.2, 0) is 13.2 Å². The second-order valence-electron chi connectivity index (χ2n) is 6.15. The third-order valence-corrected chi connectivity index (χ3v) is 2.94. The average Bonchev–Trinajstić information content (AvgIpc) is 2.44. The highest BCUT2D eigenvalue weighted by atomic mass is 16.5. The summed E-state index contributed by atoms with van der Waals surface area (Å²) in [5.41, 5.74) is 3.01. The van der Waals surface area contributed by atoms with Gasteiger partial charge in [0.1, 0.15) is 12.4 Å². The van der Waals surface area contributed by atoms with Crippen LogP contribution in [0.5, 0.6) is 5.75 Å². The van der Waals surface area contributed by atoms with Gasteiger partial charge in [-0.25, -0.2) is 0 Å². The maximum absolute atomic E-state index is 5.70. The van der Waals surface area contributed by atoms with Crippen molar-refractivity contribution in [1.29, 1.82) is 0 Å². The molecule has 0 aromatic carbocycles. The van der Waals surface area contributed by atoms with Gasteiger partial charge in [0, 0.05) is 17.8 Å². The normalized spacial score (nSPS) is 11.4. The van der Waals surface area contributed by atoms with Gasteiger partial charge < -0.3 is 10.1 Å². The largest absolute Gasteiger partial charge is 0.486 e. The number of aromatic nitrogens is 2. The molecule has 0 saturated heterocycles. The number of hydrogen-bond donors (Lipinski definition) is 1. The predicted octanol–water partition coefficient (Wildman–Crippen LogP) is 3.25. The fourth-order valence-corrected chi connectivity index (χ4v) is 1.76. The molecule has 2 aromatic rings. The molecule has 1 N–H and O–H groups in total. The molecule has 0 aliphatic carbocycles. The monoisotopic (exact) mass is 285 g/mol. The molecule has 4 heteroatoms. The number of nitrogens with zero attached hydrogens (tertiary/aromatic N) is 2. The maximum Gasteiger partial charge on any atom is 0.138 e. The highest BCUT2D eigenvalue weighted by molar-refractivity contribution is 5.20. The van der Waals surface area contributed by atoms with Crippen LogP contribution in [0.1, 0.15) is 37.9 Å². The van der Waals surface area contributed by atoms with Gasteiger partial charge in [-0.1, -0.05) is 6.07 Å². The Bertz CT molecular complexity index is 573. The number of ether oxygens (including phenoxy) is 1. The van der Waals surface area contributed by atoms with Crippen LogP contribution in [0.25, 0.3) is 0 Å². The van der Waals surface area contributed by atoms with Crippen molar-refractivity contribution in [3.05, 3.63) is 53.6 Å². The van der Waals surface area contributed by atoms with Crippen LogP contribution in [0.4, 0.5) is 0 Å². The molecule has 0 amide bonds. The fraction of sp³-hybridized carbons (Fsp3) is 0.412. The highest BCUT2D eigenvalue weighted by Gasteiger charge is 2.09. The Hall–Kier alpha value is -1.94. The second-order valence-corrected chi connectivity index (χ2v) is 6.15. The zero-order valence-electron chi connectivity index (χ0n) is 13.2. The molecule has 0 unspecified atom stereocenters. The van der Waals surface area contributed by atoms with E-state index in [2.05, 4.69) is 36.1 Å². The first kappa shape index (κ1) is 15.4. The average molecular weight is 285 g/mol. The third-order valence-electron chi connectivity index (χ3n) is 2.94. The van der Waals surface area contributed by atoms with E-state index in [1.54, 1.807) is 6.20 Å². The van der Waals surface area contributed by atoms with Crippen molar-refractivity contribution in [1.82, 2.24) is 15.3 Å². The molecule has 0 aliphatic rings. The molecule has 0 saturated carbocycles. The second kappa shape index (κ2) is 6.68. The zero-order chi connectivity index (χ0) is 15.3. The SMILES string of the molecule is Cc1ccc(OCc2cccc(CNC(C)(C)C)n2)cn1. The van der Waals surface area contributed by atoms with Gasteiger partial charge >= 0.3 is 0 Å². The van der Waals surface area contributed by atoms with Crippen molar-refractivity contribution in [2.75, 3.05) is 0 Å². The smallest absolute Gasteiger partial charge is 0.138 e. The number of nitrogens with one attached hydrogen (secondary N) is 1. The molecule has 21 heavy (non-hydrogen) atoms. The number of pyridine rings is 2. The summed E-state index contributed by atoms with van der Waals surface area (Å²) in [6.07, 6.45) is 1.74. The fourth-order valence-electron chi connectivity index (χ4n) is 1.76. The van der Waals surface area contributed by atoms with E-state index < -0.39 is 0 Å². The lowest BCUT2D eigenvalue weighted by Crippen LogP contribution is -2.35. The van der Waals surface area contributed by atoms with Gasteiger partial charge in [0.2, 0.25) is 0 Å². The van der Waals surface area contributed by atoms with Crippen molar-refractivity contribution < 1.29 is 4.74 Å². The van der Waals surface area contributed by atoms with Crippen molar-refractivity contribution in [2.45, 2.75) is 46.4 Å². The van der Waals surface area contributed by atoms with E-state index in [0.29, 0.717) is 6.61 Å². The summed E-state index contributed by atoms with van der Waals surface area (Å²) >= 11 is 0. The number of aryl methyl sites for hydroxylation is 1. The molecule has 0 aliphatic heterocycles. The summed E-state index contributed by atoms with van der Waals surface area (Å²) in [6.45, 7) is 9.59. The third kappa shape index (κ3) is 5.52. The molecule has 0 radical (unpaired) electrons. The minimum atomic E-state index is 0.0851. The van der Waals surface area contributed by atoms with Gasteiger partial charge in [-0.3, -0.25) is 9.97 Å². The van der Waals surface area contributed by atoms with E-state index in [4.69, 9.17) is 4.74 Å². The Morgan fingerprint density at radius 1 is 1.10 bits per heavy atom. The Balaban J connectivity index is 1.93. The van der Waals surface area contributed by atoms with Crippen LogP contribution < -0.4 is 10.1 Å². The first-order valence-electron chi connectivity index (χ1n) is 7.18. The van der Waals surface area contributed by atoms with E-state index in [1.807, 2.05) is 37.3 Å². The summed E-state index contributed by atoms with van der Waals surface area (Å²) in [4.78, 5) is 8.81. The lowest BCUT2D eigenvalue weighted by molar-refractivity contribution is 0.299.